The molecule has 0 amide bonds. The summed E-state index contributed by atoms with van der Waals surface area (Å²) in [6, 6.07) is 0. The zero-order valence-electron chi connectivity index (χ0n) is 5.88. The molecule has 0 aromatic carbocycles. The topological polar surface area (TPSA) is 23.5 Å². The first kappa shape index (κ1) is 7.03. The molecule has 0 aromatic heterocycles. The van der Waals surface area contributed by atoms with E-state index in [9.17, 15) is 0 Å². The molecular weight excluding hydrogens is 114 g/mol. The molecule has 1 N–H and O–H groups in total. The van der Waals surface area contributed by atoms with Gasteiger partial charge in [-0.1, -0.05) is 6.92 Å². The molecule has 0 bridgehead atoms. The van der Waals surface area contributed by atoms with Gasteiger partial charge in [0.2, 0.25) is 0 Å². The number of hydrogen-bond donors (Lipinski definition) is 1. The second-order valence-corrected chi connectivity index (χ2v) is 2.48. The van der Waals surface area contributed by atoms with Crippen molar-refractivity contribution in [2.45, 2.75) is 19.4 Å². The number of aliphatic hydroxyl groups is 1. The van der Waals surface area contributed by atoms with Crippen LogP contribution in [0, 0.1) is 6.42 Å². The summed E-state index contributed by atoms with van der Waals surface area (Å²) in [5.74, 6) is 0. The number of piperidine rings is 1. The molecule has 1 aliphatic heterocycles. The summed E-state index contributed by atoms with van der Waals surface area (Å²) in [7, 11) is 0. The Bertz CT molecular complexity index is 85.0. The van der Waals surface area contributed by atoms with Gasteiger partial charge in [-0.05, 0) is 25.9 Å². The highest BCUT2D eigenvalue weighted by molar-refractivity contribution is 4.84. The minimum absolute atomic E-state index is 0.182. The molecule has 0 aliphatic carbocycles. The molecule has 1 radical (unpaired) electrons. The second kappa shape index (κ2) is 3.18. The van der Waals surface area contributed by atoms with Crippen LogP contribution in [0.1, 0.15) is 13.3 Å². The van der Waals surface area contributed by atoms with Gasteiger partial charge in [-0.3, -0.25) is 0 Å². The molecule has 1 fully saturated rings. The molecule has 53 valence electrons. The van der Waals surface area contributed by atoms with E-state index in [2.05, 4.69) is 11.8 Å². The van der Waals surface area contributed by atoms with Crippen molar-refractivity contribution in [1.29, 1.82) is 0 Å². The van der Waals surface area contributed by atoms with E-state index in [1.54, 1.807) is 0 Å². The smallest absolute Gasteiger partial charge is 0.0699 e. The van der Waals surface area contributed by atoms with Crippen LogP contribution >= 0.6 is 0 Å². The molecule has 2 heteroatoms. The van der Waals surface area contributed by atoms with Crippen molar-refractivity contribution in [3.8, 4) is 0 Å². The molecule has 1 saturated heterocycles. The van der Waals surface area contributed by atoms with Crippen molar-refractivity contribution in [2.24, 2.45) is 0 Å². The molecule has 2 nitrogen and oxygen atoms in total. The Morgan fingerprint density at radius 3 is 3.00 bits per heavy atom. The number of likely N-dealkylation sites (tertiary alicyclic amines) is 1. The van der Waals surface area contributed by atoms with Gasteiger partial charge < -0.3 is 10.0 Å². The maximum absolute atomic E-state index is 9.11. The highest BCUT2D eigenvalue weighted by Crippen LogP contribution is 2.06. The Morgan fingerprint density at radius 1 is 1.78 bits per heavy atom. The lowest BCUT2D eigenvalue weighted by Gasteiger charge is -2.28. The number of rotatable bonds is 1. The largest absolute Gasteiger partial charge is 0.391 e. The monoisotopic (exact) mass is 128 g/mol. The fourth-order valence-corrected chi connectivity index (χ4v) is 1.17. The molecule has 1 atom stereocenters. The van der Waals surface area contributed by atoms with Crippen LogP contribution in [0.2, 0.25) is 0 Å². The number of aliphatic hydroxyl groups excluding tert-OH is 1. The Kier molecular flexibility index (Phi) is 2.49. The maximum Gasteiger partial charge on any atom is 0.0699 e. The Hall–Kier alpha value is -0.0800. The molecule has 0 unspecified atom stereocenters. The van der Waals surface area contributed by atoms with Gasteiger partial charge >= 0.3 is 0 Å². The van der Waals surface area contributed by atoms with Crippen molar-refractivity contribution < 1.29 is 5.11 Å². The Balaban J connectivity index is 2.23. The van der Waals surface area contributed by atoms with Crippen molar-refractivity contribution in [3.05, 3.63) is 6.42 Å². The van der Waals surface area contributed by atoms with E-state index in [-0.39, 0.29) is 6.10 Å². The first-order valence-electron chi connectivity index (χ1n) is 3.56. The predicted molar refractivity (Wildman–Crippen MR) is 37.0 cm³/mol. The summed E-state index contributed by atoms with van der Waals surface area (Å²) in [5, 5.41) is 9.11. The van der Waals surface area contributed by atoms with Crippen LogP contribution in [-0.4, -0.2) is 35.7 Å². The zero-order chi connectivity index (χ0) is 6.69. The van der Waals surface area contributed by atoms with Crippen LogP contribution in [0.3, 0.4) is 0 Å². The fourth-order valence-electron chi connectivity index (χ4n) is 1.17. The van der Waals surface area contributed by atoms with Crippen LogP contribution in [0.25, 0.3) is 0 Å². The van der Waals surface area contributed by atoms with Crippen LogP contribution in [-0.2, 0) is 0 Å². The summed E-state index contributed by atoms with van der Waals surface area (Å²) in [6.07, 6.45) is 2.83. The standard InChI is InChI=1S/C7H14NO/c1-2-8-5-3-4-7(9)6-8/h4,7,9H,2-3,5-6H2,1H3/t7-/m1/s1. The van der Waals surface area contributed by atoms with Gasteiger partial charge in [-0.25, -0.2) is 0 Å². The van der Waals surface area contributed by atoms with Gasteiger partial charge in [0.25, 0.3) is 0 Å². The molecule has 1 rings (SSSR count). The SMILES string of the molecule is CCN1CC[CH][C@@H](O)C1. The molecule has 0 aromatic rings. The van der Waals surface area contributed by atoms with Crippen LogP contribution in [0.15, 0.2) is 0 Å². The molecular formula is C7H14NO. The second-order valence-electron chi connectivity index (χ2n) is 2.48. The molecule has 1 aliphatic rings. The van der Waals surface area contributed by atoms with Gasteiger partial charge in [-0.2, -0.15) is 0 Å². The highest BCUT2D eigenvalue weighted by Gasteiger charge is 2.15. The van der Waals surface area contributed by atoms with Gasteiger partial charge in [-0.15, -0.1) is 0 Å². The van der Waals surface area contributed by atoms with Crippen molar-refractivity contribution in [3.63, 3.8) is 0 Å². The van der Waals surface area contributed by atoms with Gasteiger partial charge in [0.15, 0.2) is 0 Å². The van der Waals surface area contributed by atoms with Crippen LogP contribution in [0.4, 0.5) is 0 Å². The lowest BCUT2D eigenvalue weighted by atomic mass is 10.1. The van der Waals surface area contributed by atoms with E-state index in [1.165, 1.54) is 0 Å². The zero-order valence-corrected chi connectivity index (χ0v) is 5.88. The summed E-state index contributed by atoms with van der Waals surface area (Å²) < 4.78 is 0. The summed E-state index contributed by atoms with van der Waals surface area (Å²) in [4.78, 5) is 2.25. The van der Waals surface area contributed by atoms with Crippen LogP contribution in [0.5, 0.6) is 0 Å². The first-order chi connectivity index (χ1) is 4.33. The third-order valence-electron chi connectivity index (χ3n) is 1.78. The predicted octanol–water partition coefficient (Wildman–Crippen LogP) is 0.277. The number of hydrogen-bond acceptors (Lipinski definition) is 2. The summed E-state index contributed by atoms with van der Waals surface area (Å²) in [5.41, 5.74) is 0. The van der Waals surface area contributed by atoms with Crippen molar-refractivity contribution >= 4 is 0 Å². The molecule has 0 saturated carbocycles. The van der Waals surface area contributed by atoms with Gasteiger partial charge in [0.1, 0.15) is 0 Å². The van der Waals surface area contributed by atoms with E-state index in [0.29, 0.717) is 0 Å². The first-order valence-corrected chi connectivity index (χ1v) is 3.56. The highest BCUT2D eigenvalue weighted by atomic mass is 16.3. The average molecular weight is 128 g/mol. The number of likely N-dealkylation sites (N-methyl/N-ethyl adjacent to an activating group) is 1. The fraction of sp³-hybridized carbons (Fsp3) is 0.857. The summed E-state index contributed by atoms with van der Waals surface area (Å²) >= 11 is 0. The number of nitrogens with zero attached hydrogens (tertiary/aromatic N) is 1. The minimum atomic E-state index is -0.182. The maximum atomic E-state index is 9.11. The third kappa shape index (κ3) is 1.95. The molecule has 9 heavy (non-hydrogen) atoms. The van der Waals surface area contributed by atoms with E-state index in [0.717, 1.165) is 26.1 Å². The van der Waals surface area contributed by atoms with Crippen LogP contribution < -0.4 is 0 Å². The van der Waals surface area contributed by atoms with Crippen molar-refractivity contribution in [1.82, 2.24) is 4.90 Å². The average Bonchev–Trinajstić information content (AvgIpc) is 1.88. The lowest BCUT2D eigenvalue weighted by molar-refractivity contribution is 0.111. The van der Waals surface area contributed by atoms with E-state index >= 15 is 0 Å². The third-order valence-corrected chi connectivity index (χ3v) is 1.78. The van der Waals surface area contributed by atoms with Crippen molar-refractivity contribution in [2.75, 3.05) is 19.6 Å². The Morgan fingerprint density at radius 2 is 2.56 bits per heavy atom. The Labute approximate surface area is 56.5 Å². The molecule has 0 spiro atoms. The van der Waals surface area contributed by atoms with E-state index in [1.807, 2.05) is 6.42 Å². The normalized spacial score (nSPS) is 30.7. The molecule has 1 heterocycles. The quantitative estimate of drug-likeness (QED) is 0.548. The van der Waals surface area contributed by atoms with Gasteiger partial charge in [0.05, 0.1) is 6.10 Å². The number of β-amino-alcohol motifs (C(OH)–C–C–N with tert-alkyl or cyclic N) is 1. The summed E-state index contributed by atoms with van der Waals surface area (Å²) in [6.45, 7) is 5.13. The lowest BCUT2D eigenvalue weighted by Crippen LogP contribution is -2.38. The van der Waals surface area contributed by atoms with E-state index < -0.39 is 0 Å². The minimum Gasteiger partial charge on any atom is -0.391 e. The van der Waals surface area contributed by atoms with Gasteiger partial charge in [0, 0.05) is 6.54 Å². The van der Waals surface area contributed by atoms with E-state index in [4.69, 9.17) is 5.11 Å².